The number of rotatable bonds is 6. The molecule has 1 aliphatic heterocycles. The first-order valence-electron chi connectivity index (χ1n) is 10.5. The van der Waals surface area contributed by atoms with Crippen molar-refractivity contribution >= 4 is 40.7 Å². The molecule has 8 heteroatoms. The molecule has 32 heavy (non-hydrogen) atoms. The molecule has 2 amide bonds. The van der Waals surface area contributed by atoms with Gasteiger partial charge >= 0.3 is 12.0 Å². The van der Waals surface area contributed by atoms with Gasteiger partial charge in [-0.05, 0) is 61.8 Å². The maximum Gasteiger partial charge on any atom is 0.337 e. The zero-order chi connectivity index (χ0) is 23.3. The Morgan fingerprint density at radius 1 is 1.09 bits per heavy atom. The van der Waals surface area contributed by atoms with Crippen molar-refractivity contribution in [2.45, 2.75) is 33.2 Å². The van der Waals surface area contributed by atoms with Crippen molar-refractivity contribution in [3.05, 3.63) is 70.9 Å². The molecule has 0 saturated carbocycles. The van der Waals surface area contributed by atoms with Crippen LogP contribution in [0.15, 0.2) is 59.8 Å². The first kappa shape index (κ1) is 23.3. The zero-order valence-electron chi connectivity index (χ0n) is 18.7. The first-order valence-corrected chi connectivity index (χ1v) is 10.9. The van der Waals surface area contributed by atoms with Gasteiger partial charge in [0, 0.05) is 23.6 Å². The fourth-order valence-corrected chi connectivity index (χ4v) is 4.16. The molecule has 1 atom stereocenters. The van der Waals surface area contributed by atoms with Crippen LogP contribution in [0.4, 0.5) is 16.2 Å². The summed E-state index contributed by atoms with van der Waals surface area (Å²) in [6.45, 7) is 6.52. The highest BCUT2D eigenvalue weighted by Gasteiger charge is 2.33. The molecule has 0 aliphatic carbocycles. The number of carbonyl (C=O) groups is 2. The molecule has 0 unspecified atom stereocenters. The van der Waals surface area contributed by atoms with Gasteiger partial charge in [0.25, 0.3) is 0 Å². The summed E-state index contributed by atoms with van der Waals surface area (Å²) in [5, 5.41) is 9.52. The minimum Gasteiger partial charge on any atom is -0.466 e. The van der Waals surface area contributed by atoms with E-state index in [9.17, 15) is 9.59 Å². The second kappa shape index (κ2) is 10.3. The van der Waals surface area contributed by atoms with E-state index in [2.05, 4.69) is 16.0 Å². The van der Waals surface area contributed by atoms with E-state index < -0.39 is 12.0 Å². The van der Waals surface area contributed by atoms with Gasteiger partial charge in [-0.25, -0.2) is 9.59 Å². The number of amides is 2. The Labute approximate surface area is 193 Å². The molecule has 1 aliphatic rings. The fourth-order valence-electron chi connectivity index (χ4n) is 3.78. The number of para-hydroxylation sites is 1. The Hall–Kier alpha value is -3.39. The summed E-state index contributed by atoms with van der Waals surface area (Å²) in [5.74, 6) is -0.405. The fraction of sp³-hybridized carbons (Fsp3) is 0.292. The molecule has 3 rings (SSSR count). The van der Waals surface area contributed by atoms with E-state index in [4.69, 9.17) is 17.0 Å². The lowest BCUT2D eigenvalue weighted by Crippen LogP contribution is -2.47. The van der Waals surface area contributed by atoms with E-state index in [1.165, 1.54) is 7.11 Å². The van der Waals surface area contributed by atoms with Gasteiger partial charge in [-0.1, -0.05) is 37.3 Å². The predicted molar refractivity (Wildman–Crippen MR) is 130 cm³/mol. The number of thiocarbonyl (C=S) groups is 1. The van der Waals surface area contributed by atoms with Crippen molar-refractivity contribution in [1.29, 1.82) is 0 Å². The Morgan fingerprint density at radius 3 is 2.41 bits per heavy atom. The number of anilines is 2. The van der Waals surface area contributed by atoms with Crippen molar-refractivity contribution < 1.29 is 14.3 Å². The average molecular weight is 453 g/mol. The number of hydrogen-bond donors (Lipinski definition) is 3. The van der Waals surface area contributed by atoms with Crippen LogP contribution in [0.2, 0.25) is 0 Å². The monoisotopic (exact) mass is 452 g/mol. The third-order valence-corrected chi connectivity index (χ3v) is 5.80. The van der Waals surface area contributed by atoms with Crippen LogP contribution < -0.4 is 16.0 Å². The van der Waals surface area contributed by atoms with Crippen LogP contribution in [0, 0.1) is 0 Å². The molecular formula is C24H28N4O3S. The van der Waals surface area contributed by atoms with Crippen molar-refractivity contribution in [3.8, 4) is 0 Å². The van der Waals surface area contributed by atoms with Gasteiger partial charge in [0.2, 0.25) is 0 Å². The smallest absolute Gasteiger partial charge is 0.337 e. The number of nitrogens with zero attached hydrogens (tertiary/aromatic N) is 1. The van der Waals surface area contributed by atoms with Gasteiger partial charge < -0.3 is 25.6 Å². The highest BCUT2D eigenvalue weighted by atomic mass is 32.1. The summed E-state index contributed by atoms with van der Waals surface area (Å²) >= 11 is 5.48. The summed E-state index contributed by atoms with van der Waals surface area (Å²) in [7, 11) is 1.37. The number of esters is 1. The topological polar surface area (TPSA) is 82.7 Å². The van der Waals surface area contributed by atoms with Gasteiger partial charge in [-0.3, -0.25) is 0 Å². The number of carbonyl (C=O) groups excluding carboxylic acids is 2. The van der Waals surface area contributed by atoms with Crippen molar-refractivity contribution in [3.63, 3.8) is 0 Å². The Bertz CT molecular complexity index is 1050. The summed E-state index contributed by atoms with van der Waals surface area (Å²) in [6.07, 6.45) is 0.826. The normalized spacial score (nSPS) is 15.8. The number of nitrogens with one attached hydrogen (secondary N) is 3. The summed E-state index contributed by atoms with van der Waals surface area (Å²) < 4.78 is 5.02. The van der Waals surface area contributed by atoms with Gasteiger partial charge in [0.15, 0.2) is 5.11 Å². The van der Waals surface area contributed by atoms with Crippen molar-refractivity contribution in [1.82, 2.24) is 10.2 Å². The van der Waals surface area contributed by atoms with Crippen LogP contribution in [-0.2, 0) is 16.0 Å². The number of benzene rings is 2. The predicted octanol–water partition coefficient (Wildman–Crippen LogP) is 4.59. The van der Waals surface area contributed by atoms with E-state index in [1.54, 1.807) is 12.1 Å². The average Bonchev–Trinajstić information content (AvgIpc) is 2.79. The first-order chi connectivity index (χ1) is 15.4. The number of aryl methyl sites for hydroxylation is 1. The van der Waals surface area contributed by atoms with E-state index in [-0.39, 0.29) is 6.03 Å². The number of hydrogen-bond acceptors (Lipinski definition) is 4. The molecule has 1 heterocycles. The number of urea groups is 1. The van der Waals surface area contributed by atoms with Crippen LogP contribution in [0.5, 0.6) is 0 Å². The molecule has 0 fully saturated rings. The van der Waals surface area contributed by atoms with Crippen molar-refractivity contribution in [2.24, 2.45) is 0 Å². The molecule has 0 saturated heterocycles. The second-order valence-electron chi connectivity index (χ2n) is 7.33. The lowest BCUT2D eigenvalue weighted by Gasteiger charge is -2.36. The quantitative estimate of drug-likeness (QED) is 0.439. The maximum absolute atomic E-state index is 12.5. The molecule has 0 bridgehead atoms. The Balaban J connectivity index is 1.78. The molecule has 2 aromatic carbocycles. The highest BCUT2D eigenvalue weighted by molar-refractivity contribution is 7.80. The lowest BCUT2D eigenvalue weighted by molar-refractivity contribution is -0.136. The summed E-state index contributed by atoms with van der Waals surface area (Å²) in [4.78, 5) is 26.8. The van der Waals surface area contributed by atoms with E-state index in [0.29, 0.717) is 22.9 Å². The van der Waals surface area contributed by atoms with Gasteiger partial charge in [-0.15, -0.1) is 0 Å². The van der Waals surface area contributed by atoms with E-state index >= 15 is 0 Å². The minimum atomic E-state index is -0.433. The molecular weight excluding hydrogens is 424 g/mol. The largest absolute Gasteiger partial charge is 0.466 e. The number of ether oxygens (including phenoxy) is 1. The van der Waals surface area contributed by atoms with Gasteiger partial charge in [0.05, 0.1) is 18.7 Å². The molecule has 3 N–H and O–H groups in total. The number of methoxy groups -OCH3 is 1. The molecule has 168 valence electrons. The molecule has 7 nitrogen and oxygen atoms in total. The molecule has 0 aromatic heterocycles. The third kappa shape index (κ3) is 4.91. The van der Waals surface area contributed by atoms with E-state index in [0.717, 1.165) is 28.9 Å². The maximum atomic E-state index is 12.5. The van der Waals surface area contributed by atoms with Gasteiger partial charge in [-0.2, -0.15) is 0 Å². The summed E-state index contributed by atoms with van der Waals surface area (Å²) in [5.41, 5.74) is 4.60. The van der Waals surface area contributed by atoms with E-state index in [1.807, 2.05) is 62.1 Å². The summed E-state index contributed by atoms with van der Waals surface area (Å²) in [6, 6.07) is 14.2. The van der Waals surface area contributed by atoms with Crippen molar-refractivity contribution in [2.75, 3.05) is 24.3 Å². The van der Waals surface area contributed by atoms with Gasteiger partial charge in [0.1, 0.15) is 0 Å². The van der Waals surface area contributed by atoms with Crippen LogP contribution in [0.25, 0.3) is 0 Å². The molecule has 0 radical (unpaired) electrons. The third-order valence-electron chi connectivity index (χ3n) is 5.47. The Kier molecular flexibility index (Phi) is 7.48. The zero-order valence-corrected chi connectivity index (χ0v) is 19.5. The van der Waals surface area contributed by atoms with Crippen LogP contribution >= 0.6 is 12.2 Å². The van der Waals surface area contributed by atoms with Crippen LogP contribution in [0.1, 0.15) is 37.9 Å². The highest BCUT2D eigenvalue weighted by Crippen LogP contribution is 2.31. The Morgan fingerprint density at radius 2 is 1.78 bits per heavy atom. The van der Waals surface area contributed by atoms with Crippen LogP contribution in [-0.4, -0.2) is 35.7 Å². The lowest BCUT2D eigenvalue weighted by atomic mass is 9.95. The number of allylic oxidation sites excluding steroid dienone is 1. The SMILES string of the molecule is CCc1ccccc1NC(=O)Nc1ccc([C@@H]2NC(=S)N(CC)C(C)=C2C(=O)OC)cc1. The molecule has 2 aromatic rings. The van der Waals surface area contributed by atoms with Crippen LogP contribution in [0.3, 0.4) is 0 Å². The standard InChI is InChI=1S/C24H28N4O3S/c1-5-16-9-7-8-10-19(16)26-23(30)25-18-13-11-17(12-14-18)21-20(22(29)31-4)15(3)28(6-2)24(32)27-21/h7-14,21H,5-6H2,1-4H3,(H,27,32)(H2,25,26,30)/t21-/m0/s1. The minimum absolute atomic E-state index is 0.319. The second-order valence-corrected chi connectivity index (χ2v) is 7.72. The molecule has 0 spiro atoms.